The minimum atomic E-state index is -0.120. The summed E-state index contributed by atoms with van der Waals surface area (Å²) in [6.45, 7) is 0. The first-order valence-corrected chi connectivity index (χ1v) is 1.21. The molecule has 0 spiro atoms. The van der Waals surface area contributed by atoms with Crippen LogP contribution in [0.2, 0.25) is 0 Å². The van der Waals surface area contributed by atoms with Crippen LogP contribution in [0.1, 0.15) is 0 Å². The zero-order chi connectivity index (χ0) is 4.28. The predicted octanol–water partition coefficient (Wildman–Crippen LogP) is -0.0169. The average molecular weight is 72.1 g/mol. The molecule has 0 bridgehead atoms. The molecule has 0 rings (SSSR count). The number of nitrogens with zero attached hydrogens (tertiary/aromatic N) is 1. The molecule has 0 fully saturated rings. The van der Waals surface area contributed by atoms with Crippen molar-refractivity contribution in [2.45, 2.75) is 0 Å². The van der Waals surface area contributed by atoms with Gasteiger partial charge in [0.15, 0.2) is 0 Å². The second-order valence-electron chi connectivity index (χ2n) is 0.609. The topological polar surface area (TPSA) is 62.2 Å². The van der Waals surface area contributed by atoms with Gasteiger partial charge in [0.25, 0.3) is 0 Å². The van der Waals surface area contributed by atoms with Crippen molar-refractivity contribution in [3.05, 3.63) is 5.73 Å². The fraction of sp³-hybridized carbons (Fsp3) is 0.500. The van der Waals surface area contributed by atoms with E-state index in [0.717, 1.165) is 0 Å². The fourth-order valence-electron chi connectivity index (χ4n) is 0. The Morgan fingerprint density at radius 3 is 2.20 bits per heavy atom. The molecule has 5 heavy (non-hydrogen) atoms. The minimum absolute atomic E-state index is 0.120. The molecule has 0 saturated heterocycles. The van der Waals surface area contributed by atoms with Gasteiger partial charge in [-0.15, -0.1) is 0 Å². The molecule has 0 heterocycles. The first-order chi connectivity index (χ1) is 2.27. The summed E-state index contributed by atoms with van der Waals surface area (Å²) in [5, 5.41) is 0. The lowest BCUT2D eigenvalue weighted by atomic mass is 11.1. The summed E-state index contributed by atoms with van der Waals surface area (Å²) in [5.41, 5.74) is 11.1. The van der Waals surface area contributed by atoms with Crippen molar-refractivity contribution in [1.29, 1.82) is 0 Å². The molecule has 0 radical (unpaired) electrons. The molecule has 0 amide bonds. The Labute approximate surface area is 30.7 Å². The van der Waals surface area contributed by atoms with Crippen molar-refractivity contribution in [2.24, 2.45) is 10.7 Å². The highest BCUT2D eigenvalue weighted by Crippen LogP contribution is 1.55. The van der Waals surface area contributed by atoms with Gasteiger partial charge in [-0.3, -0.25) is 0 Å². The summed E-state index contributed by atoms with van der Waals surface area (Å²) in [7, 11) is 1.47. The number of hydrogen-bond acceptors (Lipinski definition) is 1. The zero-order valence-electron chi connectivity index (χ0n) is 3.02. The molecule has 0 aromatic rings. The van der Waals surface area contributed by atoms with Crippen molar-refractivity contribution in [2.75, 3.05) is 7.05 Å². The zero-order valence-corrected chi connectivity index (χ0v) is 3.02. The minimum Gasteiger partial charge on any atom is -0.454 e. The van der Waals surface area contributed by atoms with Gasteiger partial charge in [0.2, 0.25) is 0 Å². The van der Waals surface area contributed by atoms with E-state index in [1.807, 2.05) is 0 Å². The largest absolute Gasteiger partial charge is 0.454 e. The van der Waals surface area contributed by atoms with Crippen LogP contribution in [-0.2, 0) is 0 Å². The molecular formula is C2H6N3-. The second kappa shape index (κ2) is 1.58. The Balaban J connectivity index is 3.14. The third kappa shape index (κ3) is 3.27. The molecule has 0 aliphatic rings. The van der Waals surface area contributed by atoms with Gasteiger partial charge in [-0.2, -0.15) is 0 Å². The highest BCUT2D eigenvalue weighted by atomic mass is 15.0. The van der Waals surface area contributed by atoms with Crippen LogP contribution in [0.25, 0.3) is 5.73 Å². The molecule has 0 saturated carbocycles. The van der Waals surface area contributed by atoms with E-state index in [9.17, 15) is 0 Å². The van der Waals surface area contributed by atoms with Gasteiger partial charge >= 0.3 is 0 Å². The van der Waals surface area contributed by atoms with Crippen LogP contribution in [-0.4, -0.2) is 13.0 Å². The van der Waals surface area contributed by atoms with Crippen molar-refractivity contribution >= 4 is 5.96 Å². The van der Waals surface area contributed by atoms with Gasteiger partial charge in [-0.05, 0) is 13.0 Å². The lowest BCUT2D eigenvalue weighted by Gasteiger charge is -1.89. The van der Waals surface area contributed by atoms with Crippen molar-refractivity contribution < 1.29 is 0 Å². The summed E-state index contributed by atoms with van der Waals surface area (Å²) in [4.78, 5) is 3.25. The van der Waals surface area contributed by atoms with Gasteiger partial charge in [0.1, 0.15) is 0 Å². The van der Waals surface area contributed by atoms with E-state index in [-0.39, 0.29) is 5.96 Å². The number of nitrogens with one attached hydrogen (secondary N) is 1. The van der Waals surface area contributed by atoms with E-state index in [0.29, 0.717) is 0 Å². The van der Waals surface area contributed by atoms with E-state index in [1.54, 1.807) is 0 Å². The van der Waals surface area contributed by atoms with E-state index < -0.39 is 0 Å². The maximum absolute atomic E-state index is 6.35. The molecule has 0 aliphatic carbocycles. The molecule has 0 atom stereocenters. The lowest BCUT2D eigenvalue weighted by molar-refractivity contribution is 1.42. The van der Waals surface area contributed by atoms with E-state index in [1.165, 1.54) is 7.05 Å². The Morgan fingerprint density at radius 1 is 2.00 bits per heavy atom. The fourth-order valence-corrected chi connectivity index (χ4v) is 0. The normalized spacial score (nSPS) is 11.8. The van der Waals surface area contributed by atoms with Crippen molar-refractivity contribution in [1.82, 2.24) is 0 Å². The van der Waals surface area contributed by atoms with Crippen LogP contribution in [0.3, 0.4) is 0 Å². The Kier molecular flexibility index (Phi) is 1.35. The third-order valence-corrected chi connectivity index (χ3v) is 0.241. The first kappa shape index (κ1) is 4.27. The summed E-state index contributed by atoms with van der Waals surface area (Å²) < 4.78 is 0. The SMILES string of the molecule is CN=C([NH-])N. The quantitative estimate of drug-likeness (QED) is 0.317. The Bertz CT molecular complexity index is 42.9. The summed E-state index contributed by atoms with van der Waals surface area (Å²) >= 11 is 0. The van der Waals surface area contributed by atoms with Crippen LogP contribution >= 0.6 is 0 Å². The molecule has 3 N–H and O–H groups in total. The van der Waals surface area contributed by atoms with Gasteiger partial charge < -0.3 is 16.5 Å². The number of aliphatic imine (C=N–C) groups is 1. The maximum Gasteiger partial charge on any atom is -0.000283 e. The Morgan fingerprint density at radius 2 is 2.20 bits per heavy atom. The third-order valence-electron chi connectivity index (χ3n) is 0.241. The van der Waals surface area contributed by atoms with E-state index in [2.05, 4.69) is 4.99 Å². The number of hydrogen-bond donors (Lipinski definition) is 1. The maximum atomic E-state index is 6.35. The summed E-state index contributed by atoms with van der Waals surface area (Å²) in [6.07, 6.45) is 0. The number of guanidine groups is 1. The van der Waals surface area contributed by atoms with E-state index in [4.69, 9.17) is 11.5 Å². The smallest absolute Gasteiger partial charge is 0.000283 e. The second-order valence-corrected chi connectivity index (χ2v) is 0.609. The molecule has 0 aromatic carbocycles. The number of rotatable bonds is 0. The van der Waals surface area contributed by atoms with Crippen LogP contribution in [0, 0.1) is 0 Å². The molecular weight excluding hydrogens is 66.0 g/mol. The molecule has 3 nitrogen and oxygen atoms in total. The Hall–Kier alpha value is -0.730. The van der Waals surface area contributed by atoms with Gasteiger partial charge in [-0.1, -0.05) is 0 Å². The van der Waals surface area contributed by atoms with Crippen LogP contribution < -0.4 is 5.73 Å². The molecule has 0 unspecified atom stereocenters. The molecule has 30 valence electrons. The molecule has 3 heteroatoms. The van der Waals surface area contributed by atoms with Crippen LogP contribution in [0.15, 0.2) is 4.99 Å². The average Bonchev–Trinajstić information content (AvgIpc) is 1.38. The number of nitrogens with two attached hydrogens (primary N) is 1. The monoisotopic (exact) mass is 72.1 g/mol. The van der Waals surface area contributed by atoms with Gasteiger partial charge in [0.05, 0.1) is 0 Å². The predicted molar refractivity (Wildman–Crippen MR) is 21.9 cm³/mol. The van der Waals surface area contributed by atoms with Crippen molar-refractivity contribution in [3.63, 3.8) is 0 Å². The lowest BCUT2D eigenvalue weighted by Crippen LogP contribution is -2.02. The van der Waals surface area contributed by atoms with Gasteiger partial charge in [0, 0.05) is 0 Å². The highest BCUT2D eigenvalue weighted by molar-refractivity contribution is 5.85. The molecule has 0 aromatic heterocycles. The summed E-state index contributed by atoms with van der Waals surface area (Å²) in [5.74, 6) is -0.120. The highest BCUT2D eigenvalue weighted by Gasteiger charge is 1.47. The van der Waals surface area contributed by atoms with Crippen molar-refractivity contribution in [3.8, 4) is 0 Å². The van der Waals surface area contributed by atoms with Crippen LogP contribution in [0.5, 0.6) is 0 Å². The standard InChI is InChI=1S/C2H6N3/c1-5-2(3)4/h1H3,(H3-,3,4,5)/q-1. The molecule has 0 aliphatic heterocycles. The summed E-state index contributed by atoms with van der Waals surface area (Å²) in [6, 6.07) is 0. The van der Waals surface area contributed by atoms with Crippen LogP contribution in [0.4, 0.5) is 0 Å². The first-order valence-electron chi connectivity index (χ1n) is 1.21. The van der Waals surface area contributed by atoms with E-state index >= 15 is 0 Å². The van der Waals surface area contributed by atoms with Gasteiger partial charge in [-0.25, -0.2) is 0 Å².